The molecule has 3 N–H and O–H groups in total. The van der Waals surface area contributed by atoms with Crippen molar-refractivity contribution in [1.82, 2.24) is 4.98 Å². The number of hydrogen-bond acceptors (Lipinski definition) is 5. The fourth-order valence-electron chi connectivity index (χ4n) is 1.52. The van der Waals surface area contributed by atoms with E-state index in [-0.39, 0.29) is 5.91 Å². The lowest BCUT2D eigenvalue weighted by atomic mass is 10.2. The Balaban J connectivity index is 1.72. The lowest BCUT2D eigenvalue weighted by Crippen LogP contribution is -2.11. The summed E-state index contributed by atoms with van der Waals surface area (Å²) in [5.41, 5.74) is 6.77. The number of thiazole rings is 1. The number of nitrogens with one attached hydrogen (secondary N) is 1. The van der Waals surface area contributed by atoms with E-state index in [4.69, 9.17) is 17.3 Å². The molecule has 0 aliphatic rings. The van der Waals surface area contributed by atoms with E-state index in [1.165, 1.54) is 0 Å². The minimum atomic E-state index is -0.0450. The SMILES string of the molecule is Nc1ccc(NC(=O)CCCSc2nccs2)c(Cl)c1. The Hall–Kier alpha value is -1.24. The highest BCUT2D eigenvalue weighted by Crippen LogP contribution is 2.25. The largest absolute Gasteiger partial charge is 0.399 e. The molecule has 7 heteroatoms. The standard InChI is InChI=1S/C13H14ClN3OS2/c14-10-8-9(15)3-4-11(10)17-12(18)2-1-6-19-13-16-5-7-20-13/h3-5,7-8H,1-2,6,15H2,(H,17,18). The molecule has 0 aliphatic carbocycles. The predicted molar refractivity (Wildman–Crippen MR) is 86.6 cm³/mol. The zero-order valence-corrected chi connectivity index (χ0v) is 13.0. The van der Waals surface area contributed by atoms with Crippen molar-refractivity contribution in [2.45, 2.75) is 17.2 Å². The van der Waals surface area contributed by atoms with Crippen molar-refractivity contribution in [3.63, 3.8) is 0 Å². The highest BCUT2D eigenvalue weighted by Gasteiger charge is 2.06. The molecule has 1 amide bonds. The first-order valence-electron chi connectivity index (χ1n) is 6.02. The molecule has 0 saturated heterocycles. The predicted octanol–water partition coefficient (Wildman–Crippen LogP) is 3.89. The first kappa shape index (κ1) is 15.2. The van der Waals surface area contributed by atoms with Gasteiger partial charge in [0.1, 0.15) is 4.34 Å². The van der Waals surface area contributed by atoms with E-state index in [9.17, 15) is 4.79 Å². The van der Waals surface area contributed by atoms with Gasteiger partial charge < -0.3 is 11.1 Å². The monoisotopic (exact) mass is 327 g/mol. The summed E-state index contributed by atoms with van der Waals surface area (Å²) in [7, 11) is 0. The molecular formula is C13H14ClN3OS2. The van der Waals surface area contributed by atoms with Crippen LogP contribution < -0.4 is 11.1 Å². The molecule has 1 aromatic heterocycles. The van der Waals surface area contributed by atoms with Crippen molar-refractivity contribution in [3.05, 3.63) is 34.8 Å². The third kappa shape index (κ3) is 4.70. The molecule has 0 spiro atoms. The van der Waals surface area contributed by atoms with Crippen molar-refractivity contribution in [3.8, 4) is 0 Å². The van der Waals surface area contributed by atoms with Crippen LogP contribution in [0.1, 0.15) is 12.8 Å². The Morgan fingerprint density at radius 2 is 2.35 bits per heavy atom. The van der Waals surface area contributed by atoms with Crippen molar-refractivity contribution in [2.75, 3.05) is 16.8 Å². The zero-order valence-electron chi connectivity index (χ0n) is 10.6. The summed E-state index contributed by atoms with van der Waals surface area (Å²) < 4.78 is 1.03. The van der Waals surface area contributed by atoms with E-state index in [1.54, 1.807) is 47.5 Å². The maximum Gasteiger partial charge on any atom is 0.224 e. The lowest BCUT2D eigenvalue weighted by Gasteiger charge is -2.07. The number of nitrogens with two attached hydrogens (primary N) is 1. The van der Waals surface area contributed by atoms with Crippen molar-refractivity contribution < 1.29 is 4.79 Å². The molecule has 4 nitrogen and oxygen atoms in total. The van der Waals surface area contributed by atoms with Crippen molar-refractivity contribution in [1.29, 1.82) is 0 Å². The van der Waals surface area contributed by atoms with Crippen LogP contribution in [0.15, 0.2) is 34.1 Å². The molecule has 0 bridgehead atoms. The fraction of sp³-hybridized carbons (Fsp3) is 0.231. The molecule has 0 saturated carbocycles. The summed E-state index contributed by atoms with van der Waals surface area (Å²) in [5, 5.41) is 5.18. The van der Waals surface area contributed by atoms with Gasteiger partial charge in [-0.2, -0.15) is 0 Å². The van der Waals surface area contributed by atoms with Crippen LogP contribution in [0, 0.1) is 0 Å². The zero-order chi connectivity index (χ0) is 14.4. The smallest absolute Gasteiger partial charge is 0.224 e. The molecule has 0 atom stereocenters. The van der Waals surface area contributed by atoms with Crippen LogP contribution in [0.25, 0.3) is 0 Å². The van der Waals surface area contributed by atoms with E-state index in [0.29, 0.717) is 22.8 Å². The topological polar surface area (TPSA) is 68.0 Å². The number of anilines is 2. The number of carbonyl (C=O) groups is 1. The second-order valence-electron chi connectivity index (χ2n) is 4.04. The van der Waals surface area contributed by atoms with E-state index in [0.717, 1.165) is 16.5 Å². The maximum absolute atomic E-state index is 11.8. The van der Waals surface area contributed by atoms with Crippen LogP contribution in [0.4, 0.5) is 11.4 Å². The minimum Gasteiger partial charge on any atom is -0.399 e. The maximum atomic E-state index is 11.8. The van der Waals surface area contributed by atoms with Crippen LogP contribution in [0.2, 0.25) is 5.02 Å². The molecular weight excluding hydrogens is 314 g/mol. The molecule has 1 aromatic carbocycles. The van der Waals surface area contributed by atoms with Gasteiger partial charge in [0.15, 0.2) is 0 Å². The number of rotatable bonds is 6. The number of halogens is 1. The van der Waals surface area contributed by atoms with E-state index < -0.39 is 0 Å². The Labute approximate surface area is 130 Å². The Morgan fingerprint density at radius 1 is 1.50 bits per heavy atom. The van der Waals surface area contributed by atoms with Gasteiger partial charge in [-0.3, -0.25) is 4.79 Å². The van der Waals surface area contributed by atoms with Gasteiger partial charge in [0.2, 0.25) is 5.91 Å². The van der Waals surface area contributed by atoms with E-state index >= 15 is 0 Å². The molecule has 0 aliphatic heterocycles. The molecule has 20 heavy (non-hydrogen) atoms. The van der Waals surface area contributed by atoms with Crippen LogP contribution in [-0.4, -0.2) is 16.6 Å². The molecule has 2 rings (SSSR count). The third-order valence-corrected chi connectivity index (χ3v) is 4.82. The molecule has 106 valence electrons. The highest BCUT2D eigenvalue weighted by atomic mass is 35.5. The average molecular weight is 328 g/mol. The summed E-state index contributed by atoms with van der Waals surface area (Å²) in [5.74, 6) is 0.826. The quantitative estimate of drug-likeness (QED) is 0.480. The van der Waals surface area contributed by atoms with E-state index in [2.05, 4.69) is 10.3 Å². The Kier molecular flexibility index (Phi) is 5.70. The number of hydrogen-bond donors (Lipinski definition) is 2. The summed E-state index contributed by atoms with van der Waals surface area (Å²) in [6.07, 6.45) is 3.03. The number of nitrogen functional groups attached to an aromatic ring is 1. The minimum absolute atomic E-state index is 0.0450. The molecule has 0 fully saturated rings. The first-order valence-corrected chi connectivity index (χ1v) is 8.26. The highest BCUT2D eigenvalue weighted by molar-refractivity contribution is 8.00. The number of thioether (sulfide) groups is 1. The van der Waals surface area contributed by atoms with Gasteiger partial charge in [-0.15, -0.1) is 11.3 Å². The Morgan fingerprint density at radius 3 is 3.05 bits per heavy atom. The number of amides is 1. The van der Waals surface area contributed by atoms with Crippen LogP contribution >= 0.6 is 34.7 Å². The summed E-state index contributed by atoms with van der Waals surface area (Å²) in [6, 6.07) is 5.04. The lowest BCUT2D eigenvalue weighted by molar-refractivity contribution is -0.116. The second-order valence-corrected chi connectivity index (χ2v) is 6.68. The molecule has 2 aromatic rings. The van der Waals surface area contributed by atoms with Crippen molar-refractivity contribution in [2.24, 2.45) is 0 Å². The summed E-state index contributed by atoms with van der Waals surface area (Å²) in [6.45, 7) is 0. The number of carbonyl (C=O) groups excluding carboxylic acids is 1. The second kappa shape index (κ2) is 7.52. The normalized spacial score (nSPS) is 10.4. The first-order chi connectivity index (χ1) is 9.65. The van der Waals surface area contributed by atoms with Gasteiger partial charge in [-0.1, -0.05) is 23.4 Å². The molecule has 0 radical (unpaired) electrons. The van der Waals surface area contributed by atoms with Gasteiger partial charge in [-0.05, 0) is 24.6 Å². The van der Waals surface area contributed by atoms with Crippen LogP contribution in [0.3, 0.4) is 0 Å². The Bertz CT molecular complexity index is 575. The summed E-state index contributed by atoms with van der Waals surface area (Å²) >= 11 is 9.27. The molecule has 1 heterocycles. The van der Waals surface area contributed by atoms with Gasteiger partial charge in [-0.25, -0.2) is 4.98 Å². The van der Waals surface area contributed by atoms with Gasteiger partial charge in [0.05, 0.1) is 10.7 Å². The number of nitrogens with zero attached hydrogens (tertiary/aromatic N) is 1. The van der Waals surface area contributed by atoms with Gasteiger partial charge in [0, 0.05) is 29.4 Å². The number of aromatic nitrogens is 1. The molecule has 0 unspecified atom stereocenters. The van der Waals surface area contributed by atoms with E-state index in [1.807, 2.05) is 5.38 Å². The summed E-state index contributed by atoms with van der Waals surface area (Å²) in [4.78, 5) is 16.0. The number of benzene rings is 1. The van der Waals surface area contributed by atoms with Crippen molar-refractivity contribution >= 4 is 52.0 Å². The third-order valence-electron chi connectivity index (χ3n) is 2.45. The van der Waals surface area contributed by atoms with Crippen LogP contribution in [0.5, 0.6) is 0 Å². The van der Waals surface area contributed by atoms with Crippen LogP contribution in [-0.2, 0) is 4.79 Å². The fourth-order valence-corrected chi connectivity index (χ4v) is 3.40. The van der Waals surface area contributed by atoms with Gasteiger partial charge in [0.25, 0.3) is 0 Å². The average Bonchev–Trinajstić information content (AvgIpc) is 2.91. The van der Waals surface area contributed by atoms with Gasteiger partial charge >= 0.3 is 0 Å².